The lowest BCUT2D eigenvalue weighted by atomic mass is 9.95. The van der Waals surface area contributed by atoms with E-state index < -0.39 is 11.7 Å². The lowest BCUT2D eigenvalue weighted by Gasteiger charge is -2.20. The van der Waals surface area contributed by atoms with Crippen LogP contribution >= 0.6 is 0 Å². The molecule has 0 bridgehead atoms. The first-order chi connectivity index (χ1) is 40.8. The zero-order valence-electron chi connectivity index (χ0n) is 43.4. The molecule has 0 fully saturated rings. The number of benzene rings is 10. The maximum absolute atomic E-state index is 15.5. The average Bonchev–Trinajstić information content (AvgIpc) is 1.75. The molecular weight excluding hydrogens is 1050 g/mol. The minimum absolute atomic E-state index is 0.000432. The van der Waals surface area contributed by atoms with Crippen molar-refractivity contribution in [3.05, 3.63) is 261 Å². The van der Waals surface area contributed by atoms with E-state index >= 15 is 13.2 Å². The molecule has 0 spiro atoms. The van der Waals surface area contributed by atoms with E-state index in [1.807, 2.05) is 72.8 Å². The predicted molar refractivity (Wildman–Crippen MR) is 316 cm³/mol. The molecule has 12 rings (SSSR count). The van der Waals surface area contributed by atoms with Gasteiger partial charge >= 0.3 is 6.18 Å². The third-order valence-corrected chi connectivity index (χ3v) is 14.8. The van der Waals surface area contributed by atoms with Crippen molar-refractivity contribution in [2.75, 3.05) is 0 Å². The molecule has 0 saturated heterocycles. The molecule has 0 radical (unpaired) electrons. The first kappa shape index (κ1) is 51.7. The summed E-state index contributed by atoms with van der Waals surface area (Å²) in [6.45, 7) is 31.4. The van der Waals surface area contributed by atoms with Crippen LogP contribution < -0.4 is 0 Å². The molecule has 84 heavy (non-hydrogen) atoms. The second-order valence-electron chi connectivity index (χ2n) is 19.6. The van der Waals surface area contributed by atoms with Crippen LogP contribution in [0.2, 0.25) is 0 Å². The number of nitriles is 5. The van der Waals surface area contributed by atoms with Crippen molar-refractivity contribution >= 4 is 66.4 Å². The fourth-order valence-electron chi connectivity index (χ4n) is 11.1. The molecule has 0 saturated carbocycles. The van der Waals surface area contributed by atoms with E-state index in [1.54, 1.807) is 69.8 Å². The molecule has 0 atom stereocenters. The number of nitrogens with zero attached hydrogens (tertiary/aromatic N) is 11. The SMILES string of the molecule is [C-]#[N+]c1cc(C#N)cc(-c2ccc3c4ccc(-c5cc(C#N)cc([N+]#[C-])c5)cc4n(-c4cc(-c5ccccc5C(F)(F)F)cc(-n5c6cc(-c7cc(C#N)cc([N+]#[C-])c7)ccc6c6ccc(-c7cc(C#N)cc([N+]#[C-])c7)cc65)c4C#N)c3c2)c1. The zero-order valence-corrected chi connectivity index (χ0v) is 43.4. The zero-order chi connectivity index (χ0) is 58.6. The fourth-order valence-corrected chi connectivity index (χ4v) is 11.1. The Morgan fingerprint density at radius 3 is 0.917 bits per heavy atom. The number of hydrogen-bond donors (Lipinski definition) is 0. The number of aromatic nitrogens is 2. The topological polar surface area (TPSA) is 146 Å². The van der Waals surface area contributed by atoms with Gasteiger partial charge in [-0.2, -0.15) is 39.5 Å². The molecule has 0 aliphatic heterocycles. The molecule has 0 N–H and O–H groups in total. The Morgan fingerprint density at radius 1 is 0.333 bits per heavy atom. The fraction of sp³-hybridized carbons (Fsp3) is 0.0143. The molecule has 10 aromatic carbocycles. The largest absolute Gasteiger partial charge is 0.417 e. The summed E-state index contributed by atoms with van der Waals surface area (Å²) >= 11 is 0. The van der Waals surface area contributed by atoms with Gasteiger partial charge in [0.05, 0.1) is 89.6 Å². The van der Waals surface area contributed by atoms with Crippen LogP contribution in [-0.4, -0.2) is 9.13 Å². The van der Waals surface area contributed by atoms with Crippen molar-refractivity contribution in [2.24, 2.45) is 0 Å². The minimum atomic E-state index is -4.85. The summed E-state index contributed by atoms with van der Waals surface area (Å²) in [5, 5.41) is 54.9. The van der Waals surface area contributed by atoms with Gasteiger partial charge in [0.15, 0.2) is 22.7 Å². The molecular formula is C70H30F3N11. The second-order valence-corrected chi connectivity index (χ2v) is 19.6. The van der Waals surface area contributed by atoms with E-state index in [1.165, 1.54) is 42.5 Å². The maximum atomic E-state index is 15.5. The van der Waals surface area contributed by atoms with Crippen LogP contribution in [0.5, 0.6) is 0 Å². The van der Waals surface area contributed by atoms with Gasteiger partial charge in [-0.1, -0.05) is 66.7 Å². The van der Waals surface area contributed by atoms with Gasteiger partial charge < -0.3 is 9.13 Å². The molecule has 0 aliphatic rings. The Balaban J connectivity index is 1.27. The molecule has 2 aromatic heterocycles. The minimum Gasteiger partial charge on any atom is -0.308 e. The third-order valence-electron chi connectivity index (χ3n) is 14.8. The summed E-state index contributed by atoms with van der Waals surface area (Å²) in [5.41, 5.74) is 7.31. The summed E-state index contributed by atoms with van der Waals surface area (Å²) < 4.78 is 50.1. The molecule has 2 heterocycles. The number of alkyl halides is 3. The molecule has 14 heteroatoms. The predicted octanol–water partition coefficient (Wildman–Crippen LogP) is 18.8. The molecule has 12 aromatic rings. The van der Waals surface area contributed by atoms with Crippen LogP contribution in [0.25, 0.3) is 130 Å². The summed E-state index contributed by atoms with van der Waals surface area (Å²) in [6, 6.07) is 60.5. The summed E-state index contributed by atoms with van der Waals surface area (Å²) in [6.07, 6.45) is -4.85. The smallest absolute Gasteiger partial charge is 0.308 e. The Kier molecular flexibility index (Phi) is 12.5. The van der Waals surface area contributed by atoms with Crippen molar-refractivity contribution in [1.29, 1.82) is 26.3 Å². The van der Waals surface area contributed by atoms with Crippen LogP contribution in [0.4, 0.5) is 35.9 Å². The van der Waals surface area contributed by atoms with Crippen LogP contribution in [0.3, 0.4) is 0 Å². The molecule has 0 aliphatic carbocycles. The van der Waals surface area contributed by atoms with E-state index in [4.69, 9.17) is 26.3 Å². The van der Waals surface area contributed by atoms with Crippen LogP contribution in [0, 0.1) is 82.9 Å². The van der Waals surface area contributed by atoms with Gasteiger partial charge in [-0.15, -0.1) is 0 Å². The van der Waals surface area contributed by atoms with Gasteiger partial charge in [0.25, 0.3) is 0 Å². The molecule has 0 unspecified atom stereocenters. The summed E-state index contributed by atoms with van der Waals surface area (Å²) in [4.78, 5) is 14.5. The van der Waals surface area contributed by atoms with Gasteiger partial charge in [0.1, 0.15) is 11.6 Å². The number of halogens is 3. The van der Waals surface area contributed by atoms with E-state index in [0.29, 0.717) is 88.1 Å². The first-order valence-corrected chi connectivity index (χ1v) is 25.4. The number of fused-ring (bicyclic) bond motifs is 6. The normalized spacial score (nSPS) is 10.9. The van der Waals surface area contributed by atoms with Crippen molar-refractivity contribution in [3.8, 4) is 97.4 Å². The van der Waals surface area contributed by atoms with Gasteiger partial charge in [0.2, 0.25) is 0 Å². The van der Waals surface area contributed by atoms with Crippen molar-refractivity contribution in [1.82, 2.24) is 9.13 Å². The van der Waals surface area contributed by atoms with Crippen LogP contribution in [0.1, 0.15) is 33.4 Å². The second kappa shape index (κ2) is 20.3. The van der Waals surface area contributed by atoms with Gasteiger partial charge in [-0.3, -0.25) is 0 Å². The average molecular weight is 1080 g/mol. The molecule has 386 valence electrons. The van der Waals surface area contributed by atoms with Crippen molar-refractivity contribution in [2.45, 2.75) is 6.18 Å². The molecule has 0 amide bonds. The first-order valence-electron chi connectivity index (χ1n) is 25.4. The highest BCUT2D eigenvalue weighted by Gasteiger charge is 2.34. The maximum Gasteiger partial charge on any atom is 0.417 e. The summed E-state index contributed by atoms with van der Waals surface area (Å²) in [7, 11) is 0. The van der Waals surface area contributed by atoms with Gasteiger partial charge in [-0.25, -0.2) is 19.4 Å². The van der Waals surface area contributed by atoms with Gasteiger partial charge in [-0.05, 0) is 171 Å². The standard InChI is InChI=1S/C70H30F3N11/c1-79-53-21-40(35-74)17-48(25-53)44-9-13-58-59-14-10-45(49-18-41(36-75)22-54(26-49)80-2)30-65(59)83(64(58)29-44)68-33-52(57-7-5-6-8-63(57)70(71,72)73)34-69(62(68)39-78)84-66-31-46(50-19-42(37-76)23-55(27-50)81-3)11-15-60(66)61-16-12-47(32-67(61)84)51-20-43(38-77)24-56(28-51)82-4/h5-34H. The number of rotatable bonds is 7. The Hall–Kier alpha value is -13.0. The summed E-state index contributed by atoms with van der Waals surface area (Å²) in [5.74, 6) is 0. The highest BCUT2D eigenvalue weighted by Crippen LogP contribution is 2.46. The Bertz CT molecular complexity index is 4640. The van der Waals surface area contributed by atoms with Gasteiger partial charge in [0, 0.05) is 43.8 Å². The van der Waals surface area contributed by atoms with E-state index in [2.05, 4.69) is 49.7 Å². The molecule has 11 nitrogen and oxygen atoms in total. The van der Waals surface area contributed by atoms with Crippen LogP contribution in [-0.2, 0) is 6.18 Å². The lowest BCUT2D eigenvalue weighted by Crippen LogP contribution is -2.09. The van der Waals surface area contributed by atoms with Crippen molar-refractivity contribution < 1.29 is 13.2 Å². The third kappa shape index (κ3) is 8.84. The van der Waals surface area contributed by atoms with Crippen molar-refractivity contribution in [3.63, 3.8) is 0 Å². The Morgan fingerprint density at radius 2 is 0.643 bits per heavy atom. The highest BCUT2D eigenvalue weighted by atomic mass is 19.4. The van der Waals surface area contributed by atoms with Crippen LogP contribution in [0.15, 0.2) is 182 Å². The van der Waals surface area contributed by atoms with E-state index in [9.17, 15) is 26.3 Å². The lowest BCUT2D eigenvalue weighted by molar-refractivity contribution is -0.137. The number of hydrogen-bond acceptors (Lipinski definition) is 5. The monoisotopic (exact) mass is 1080 g/mol. The quantitative estimate of drug-likeness (QED) is 0.146. The Labute approximate surface area is 477 Å². The highest BCUT2D eigenvalue weighted by molar-refractivity contribution is 6.13. The van der Waals surface area contributed by atoms with E-state index in [-0.39, 0.29) is 73.1 Å². The van der Waals surface area contributed by atoms with E-state index in [0.717, 1.165) is 6.07 Å².